The first kappa shape index (κ1) is 31.0. The number of halogens is 4. The van der Waals surface area contributed by atoms with Gasteiger partial charge in [0.15, 0.2) is 12.2 Å². The van der Waals surface area contributed by atoms with E-state index >= 15 is 0 Å². The average Bonchev–Trinajstić information content (AvgIpc) is 3.62. The predicted octanol–water partition coefficient (Wildman–Crippen LogP) is 4.71. The fraction of sp³-hybridized carbons (Fsp3) is 0.312. The van der Waals surface area contributed by atoms with E-state index in [1.807, 2.05) is 0 Å². The van der Waals surface area contributed by atoms with Gasteiger partial charge in [0.2, 0.25) is 11.5 Å². The number of pyridine rings is 1. The van der Waals surface area contributed by atoms with Gasteiger partial charge in [-0.05, 0) is 75.2 Å². The smallest absolute Gasteiger partial charge is 0.424 e. The van der Waals surface area contributed by atoms with E-state index in [9.17, 15) is 32.3 Å². The summed E-state index contributed by atoms with van der Waals surface area (Å²) in [5.41, 5.74) is 0.370. The molecule has 2 amide bonds. The van der Waals surface area contributed by atoms with Gasteiger partial charge in [0, 0.05) is 16.7 Å². The number of aromatic nitrogens is 2. The van der Waals surface area contributed by atoms with Crippen molar-refractivity contribution in [3.8, 4) is 34.1 Å². The second-order valence-corrected chi connectivity index (χ2v) is 11.6. The lowest BCUT2D eigenvalue weighted by Crippen LogP contribution is -2.51. The Morgan fingerprint density at radius 3 is 2.48 bits per heavy atom. The van der Waals surface area contributed by atoms with E-state index in [-0.39, 0.29) is 46.6 Å². The highest BCUT2D eigenvalue weighted by molar-refractivity contribution is 5.95. The lowest BCUT2D eigenvalue weighted by atomic mass is 9.81. The molecule has 14 heteroatoms. The fourth-order valence-corrected chi connectivity index (χ4v) is 5.12. The highest BCUT2D eigenvalue weighted by Gasteiger charge is 2.57. The van der Waals surface area contributed by atoms with E-state index in [4.69, 9.17) is 19.6 Å². The van der Waals surface area contributed by atoms with E-state index in [0.717, 1.165) is 31.0 Å². The van der Waals surface area contributed by atoms with Crippen molar-refractivity contribution < 1.29 is 46.1 Å². The number of carbonyl (C=O) groups excluding carboxylic acids is 2. The van der Waals surface area contributed by atoms with E-state index in [1.165, 1.54) is 43.6 Å². The number of nitrogens with one attached hydrogen (secondary N) is 1. The summed E-state index contributed by atoms with van der Waals surface area (Å²) < 4.78 is 75.0. The third kappa shape index (κ3) is 5.42. The summed E-state index contributed by atoms with van der Waals surface area (Å²) in [6.45, 7) is 1.47. The molecule has 1 aliphatic heterocycles. The number of ether oxygens (including phenoxy) is 2. The van der Waals surface area contributed by atoms with Gasteiger partial charge in [-0.2, -0.15) is 13.2 Å². The van der Waals surface area contributed by atoms with E-state index in [1.54, 1.807) is 6.92 Å². The Hall–Kier alpha value is -4.98. The zero-order valence-electron chi connectivity index (χ0n) is 24.6. The van der Waals surface area contributed by atoms with Crippen LogP contribution in [-0.4, -0.2) is 52.3 Å². The van der Waals surface area contributed by atoms with Crippen molar-refractivity contribution in [2.45, 2.75) is 50.0 Å². The topological polar surface area (TPSA) is 150 Å². The summed E-state index contributed by atoms with van der Waals surface area (Å²) in [5.74, 6) is -1.75. The van der Waals surface area contributed by atoms with E-state index in [2.05, 4.69) is 15.3 Å². The van der Waals surface area contributed by atoms with Crippen LogP contribution in [0.1, 0.15) is 47.1 Å². The molecule has 0 spiro atoms. The van der Waals surface area contributed by atoms with Crippen molar-refractivity contribution >= 4 is 11.8 Å². The molecule has 4 N–H and O–H groups in total. The molecule has 6 rings (SSSR count). The molecular formula is C32H28F4N4O6. The summed E-state index contributed by atoms with van der Waals surface area (Å²) in [4.78, 5) is 33.9. The van der Waals surface area contributed by atoms with Gasteiger partial charge in [-0.3, -0.25) is 9.59 Å². The van der Waals surface area contributed by atoms with Gasteiger partial charge in [0.25, 0.3) is 5.91 Å². The summed E-state index contributed by atoms with van der Waals surface area (Å²) in [6, 6.07) is 9.89. The van der Waals surface area contributed by atoms with Crippen LogP contribution in [0.15, 0.2) is 59.3 Å². The molecule has 2 aliphatic rings. The van der Waals surface area contributed by atoms with Gasteiger partial charge in [-0.25, -0.2) is 14.4 Å². The molecule has 0 radical (unpaired) electrons. The van der Waals surface area contributed by atoms with Crippen LogP contribution in [0.4, 0.5) is 17.6 Å². The van der Waals surface area contributed by atoms with Crippen molar-refractivity contribution in [1.29, 1.82) is 0 Å². The van der Waals surface area contributed by atoms with Crippen LogP contribution in [0.3, 0.4) is 0 Å². The van der Waals surface area contributed by atoms with Crippen molar-refractivity contribution in [2.24, 2.45) is 5.73 Å². The molecule has 240 valence electrons. The number of primary amides is 1. The van der Waals surface area contributed by atoms with Crippen LogP contribution in [0, 0.1) is 12.7 Å². The highest BCUT2D eigenvalue weighted by Crippen LogP contribution is 2.48. The quantitative estimate of drug-likeness (QED) is 0.223. The number of benzene rings is 2. The Balaban J connectivity index is 1.37. The van der Waals surface area contributed by atoms with Crippen molar-refractivity contribution in [3.63, 3.8) is 0 Å². The molecule has 1 unspecified atom stereocenters. The standard InChI is InChI=1S/C32H28F4N4O6/c1-16-26(45-15-39-16)21-10-5-18(11-23(21)46-20-8-9-20)28(41)38-13-31(43,32(34,35)36)24-12-22-27(44-14-30(22,2)29(37)42)25(40-24)17-3-6-19(33)7-4-17/h3-7,10-12,15,20,43H,8-9,13-14H2,1-2H3,(H2,37,42)(H,38,41)/t30-,31?/m0/s1. The van der Waals surface area contributed by atoms with Crippen LogP contribution >= 0.6 is 0 Å². The molecule has 4 aromatic rings. The number of rotatable bonds is 9. The lowest BCUT2D eigenvalue weighted by Gasteiger charge is -2.31. The Morgan fingerprint density at radius 2 is 1.87 bits per heavy atom. The molecule has 46 heavy (non-hydrogen) atoms. The molecule has 1 saturated carbocycles. The minimum Gasteiger partial charge on any atom is -0.490 e. The normalized spacial score (nSPS) is 18.8. The molecule has 2 atom stereocenters. The zero-order chi connectivity index (χ0) is 33.0. The van der Waals surface area contributed by atoms with Gasteiger partial charge in [-0.15, -0.1) is 0 Å². The third-order valence-corrected chi connectivity index (χ3v) is 8.18. The van der Waals surface area contributed by atoms with Crippen molar-refractivity contribution in [3.05, 3.63) is 83.3 Å². The molecule has 0 bridgehead atoms. The van der Waals surface area contributed by atoms with Crippen LogP contribution in [-0.2, 0) is 15.8 Å². The highest BCUT2D eigenvalue weighted by atomic mass is 19.4. The SMILES string of the molecule is Cc1ncoc1-c1ccc(C(=O)NCC(O)(c2cc3c(c(-c4ccc(F)cc4)n2)OC[C@]3(C)C(N)=O)C(F)(F)F)cc1OC1CC1. The first-order valence-electron chi connectivity index (χ1n) is 14.2. The van der Waals surface area contributed by atoms with Crippen LogP contribution in [0.25, 0.3) is 22.6 Å². The van der Waals surface area contributed by atoms with Crippen LogP contribution < -0.4 is 20.5 Å². The Morgan fingerprint density at radius 1 is 1.15 bits per heavy atom. The van der Waals surface area contributed by atoms with Gasteiger partial charge >= 0.3 is 6.18 Å². The minimum atomic E-state index is -5.36. The number of aliphatic hydroxyl groups is 1. The van der Waals surface area contributed by atoms with E-state index < -0.39 is 47.1 Å². The number of hydrogen-bond donors (Lipinski definition) is 3. The summed E-state index contributed by atoms with van der Waals surface area (Å²) in [5, 5.41) is 13.5. The van der Waals surface area contributed by atoms with Crippen LogP contribution in [0.2, 0.25) is 0 Å². The van der Waals surface area contributed by atoms with E-state index in [0.29, 0.717) is 17.0 Å². The lowest BCUT2D eigenvalue weighted by molar-refractivity contribution is -0.265. The maximum atomic E-state index is 14.7. The number of aryl methyl sites for hydroxylation is 1. The number of nitrogens with two attached hydrogens (primary N) is 1. The van der Waals surface area contributed by atoms with Crippen molar-refractivity contribution in [2.75, 3.05) is 13.2 Å². The fourth-order valence-electron chi connectivity index (χ4n) is 5.12. The molecule has 3 heterocycles. The number of oxazole rings is 1. The molecule has 0 saturated heterocycles. The Kier molecular flexibility index (Phi) is 7.50. The van der Waals surface area contributed by atoms with Gasteiger partial charge < -0.3 is 30.0 Å². The Labute approximate surface area is 259 Å². The first-order chi connectivity index (χ1) is 21.7. The second kappa shape index (κ2) is 11.1. The summed E-state index contributed by atoms with van der Waals surface area (Å²) in [7, 11) is 0. The maximum Gasteiger partial charge on any atom is 0.424 e. The third-order valence-electron chi connectivity index (χ3n) is 8.18. The molecule has 1 aliphatic carbocycles. The van der Waals surface area contributed by atoms with Gasteiger partial charge in [-0.1, -0.05) is 0 Å². The van der Waals surface area contributed by atoms with Gasteiger partial charge in [0.05, 0.1) is 29.6 Å². The number of alkyl halides is 3. The monoisotopic (exact) mass is 640 g/mol. The minimum absolute atomic E-state index is 0.0320. The number of carbonyl (C=O) groups is 2. The number of nitrogens with zero attached hydrogens (tertiary/aromatic N) is 2. The number of hydrogen-bond acceptors (Lipinski definition) is 8. The average molecular weight is 641 g/mol. The summed E-state index contributed by atoms with van der Waals surface area (Å²) >= 11 is 0. The predicted molar refractivity (Wildman–Crippen MR) is 154 cm³/mol. The number of fused-ring (bicyclic) bond motifs is 1. The zero-order valence-corrected chi connectivity index (χ0v) is 24.6. The molecule has 2 aromatic heterocycles. The molecule has 10 nitrogen and oxygen atoms in total. The second-order valence-electron chi connectivity index (χ2n) is 11.6. The van der Waals surface area contributed by atoms with Crippen molar-refractivity contribution in [1.82, 2.24) is 15.3 Å². The largest absolute Gasteiger partial charge is 0.490 e. The first-order valence-corrected chi connectivity index (χ1v) is 14.2. The summed E-state index contributed by atoms with van der Waals surface area (Å²) in [6.07, 6.45) is -2.57. The molecule has 1 fully saturated rings. The van der Waals surface area contributed by atoms with Crippen LogP contribution in [0.5, 0.6) is 11.5 Å². The molecule has 2 aromatic carbocycles. The maximum absolute atomic E-state index is 14.7. The van der Waals surface area contributed by atoms with Gasteiger partial charge in [0.1, 0.15) is 35.0 Å². The Bertz CT molecular complexity index is 1840. The molecular weight excluding hydrogens is 612 g/mol. The number of amides is 2.